The van der Waals surface area contributed by atoms with E-state index in [0.717, 1.165) is 79.9 Å². The molecule has 4 aliphatic heterocycles. The summed E-state index contributed by atoms with van der Waals surface area (Å²) in [6.07, 6.45) is 3.33. The lowest BCUT2D eigenvalue weighted by molar-refractivity contribution is -0.136. The molecular weight excluding hydrogens is 667 g/mol. The van der Waals surface area contributed by atoms with Crippen LogP contribution in [0, 0.1) is 0 Å². The number of aliphatic hydroxyl groups is 1. The highest BCUT2D eigenvalue weighted by atomic mass is 19.4. The van der Waals surface area contributed by atoms with Crippen molar-refractivity contribution in [3.05, 3.63) is 123 Å². The van der Waals surface area contributed by atoms with Gasteiger partial charge in [0.15, 0.2) is 6.23 Å². The average Bonchev–Trinajstić information content (AvgIpc) is 3.46. The van der Waals surface area contributed by atoms with Gasteiger partial charge < -0.3 is 29.0 Å². The molecule has 2 fully saturated rings. The Labute approximate surface area is 299 Å². The second-order valence-corrected chi connectivity index (χ2v) is 14.5. The number of aliphatic hydroxyl groups excluding tert-OH is 1. The first kappa shape index (κ1) is 32.9. The molecule has 1 N–H and O–H groups in total. The van der Waals surface area contributed by atoms with E-state index in [0.29, 0.717) is 28.8 Å². The Bertz CT molecular complexity index is 2150. The summed E-state index contributed by atoms with van der Waals surface area (Å²) in [6.45, 7) is 3.82. The van der Waals surface area contributed by atoms with E-state index in [9.17, 15) is 23.1 Å². The third-order valence-electron chi connectivity index (χ3n) is 11.4. The first-order chi connectivity index (χ1) is 25.2. The number of nitrogens with zero attached hydrogens (tertiary/aromatic N) is 3. The van der Waals surface area contributed by atoms with Gasteiger partial charge in [-0.2, -0.15) is 13.2 Å². The van der Waals surface area contributed by atoms with Gasteiger partial charge in [-0.25, -0.2) is 4.79 Å². The molecule has 0 aliphatic carbocycles. The van der Waals surface area contributed by atoms with E-state index < -0.39 is 29.1 Å². The summed E-state index contributed by atoms with van der Waals surface area (Å²) in [5.74, 6) is 1.31. The average molecular weight is 708 g/mol. The molecule has 5 heterocycles. The Balaban J connectivity index is 1.29. The van der Waals surface area contributed by atoms with Crippen LogP contribution in [0.5, 0.6) is 11.5 Å². The zero-order chi connectivity index (χ0) is 35.6. The van der Waals surface area contributed by atoms with Crippen molar-refractivity contribution in [1.29, 1.82) is 0 Å². The molecule has 5 aromatic rings. The van der Waals surface area contributed by atoms with Crippen molar-refractivity contribution in [2.24, 2.45) is 0 Å². The minimum atomic E-state index is -4.75. The SMILES string of the molecule is O=c1cc(C(F)(F)F)c2ccc(N3C(O)c4ccccc4C34c3ccc(N5CCCCCC5)cc3Oc3cc(N5CCCCCC5)ccc34)cc2o1. The van der Waals surface area contributed by atoms with Gasteiger partial charge in [0.1, 0.15) is 22.6 Å². The maximum atomic E-state index is 14.1. The van der Waals surface area contributed by atoms with Crippen LogP contribution in [-0.2, 0) is 11.7 Å². The van der Waals surface area contributed by atoms with Gasteiger partial charge >= 0.3 is 11.8 Å². The first-order valence-electron chi connectivity index (χ1n) is 18.4. The van der Waals surface area contributed by atoms with E-state index in [1.807, 2.05) is 29.2 Å². The molecule has 0 radical (unpaired) electrons. The van der Waals surface area contributed by atoms with E-state index in [-0.39, 0.29) is 11.0 Å². The molecule has 0 saturated carbocycles. The van der Waals surface area contributed by atoms with Crippen LogP contribution in [0.2, 0.25) is 0 Å². The highest BCUT2D eigenvalue weighted by molar-refractivity contribution is 5.86. The lowest BCUT2D eigenvalue weighted by atomic mass is 9.74. The summed E-state index contributed by atoms with van der Waals surface area (Å²) in [5.41, 5.74) is 2.11. The fourth-order valence-corrected chi connectivity index (χ4v) is 9.03. The third kappa shape index (κ3) is 5.25. The molecule has 1 spiro atoms. The Hall–Kier alpha value is -4.96. The number of rotatable bonds is 3. The standard InChI is InChI=1S/C42H40F3N3O4/c43-42(44,45)35-26-39(49)52-36-25-29(13-16-30(35)36)48-40(50)31-11-5-6-12-32(31)41(48)33-17-14-27(46-19-7-1-2-8-20-46)23-37(33)51-38-24-28(15-18-34(38)41)47-21-9-3-4-10-22-47/h5-6,11-18,23-26,40,50H,1-4,7-10,19-22H2. The second-order valence-electron chi connectivity index (χ2n) is 14.5. The van der Waals surface area contributed by atoms with Gasteiger partial charge in [-0.1, -0.05) is 62.1 Å². The van der Waals surface area contributed by atoms with Crippen LogP contribution in [0.15, 0.2) is 94.1 Å². The zero-order valence-electron chi connectivity index (χ0n) is 28.8. The lowest BCUT2D eigenvalue weighted by Crippen LogP contribution is -2.46. The molecule has 2 saturated heterocycles. The monoisotopic (exact) mass is 707 g/mol. The van der Waals surface area contributed by atoms with Crippen molar-refractivity contribution in [3.63, 3.8) is 0 Å². The van der Waals surface area contributed by atoms with E-state index in [4.69, 9.17) is 9.15 Å². The van der Waals surface area contributed by atoms with E-state index >= 15 is 0 Å². The predicted octanol–water partition coefficient (Wildman–Crippen LogP) is 9.48. The molecule has 268 valence electrons. The van der Waals surface area contributed by atoms with Crippen molar-refractivity contribution in [2.75, 3.05) is 40.9 Å². The Morgan fingerprint density at radius 2 is 1.21 bits per heavy atom. The van der Waals surface area contributed by atoms with Gasteiger partial charge in [0, 0.05) is 89.6 Å². The number of anilines is 3. The second kappa shape index (κ2) is 12.6. The summed E-state index contributed by atoms with van der Waals surface area (Å²) < 4.78 is 54.6. The summed E-state index contributed by atoms with van der Waals surface area (Å²) in [6, 6.07) is 25.1. The summed E-state index contributed by atoms with van der Waals surface area (Å²) >= 11 is 0. The third-order valence-corrected chi connectivity index (χ3v) is 11.4. The predicted molar refractivity (Wildman–Crippen MR) is 196 cm³/mol. The quantitative estimate of drug-likeness (QED) is 0.188. The van der Waals surface area contributed by atoms with Gasteiger partial charge in [-0.15, -0.1) is 0 Å². The van der Waals surface area contributed by atoms with Crippen LogP contribution in [0.4, 0.5) is 30.2 Å². The number of hydrogen-bond acceptors (Lipinski definition) is 7. The molecule has 0 bridgehead atoms. The van der Waals surface area contributed by atoms with Gasteiger partial charge in [-0.05, 0) is 55.5 Å². The fraction of sp³-hybridized carbons (Fsp3) is 0.357. The van der Waals surface area contributed by atoms with Crippen LogP contribution >= 0.6 is 0 Å². The summed E-state index contributed by atoms with van der Waals surface area (Å²) in [7, 11) is 0. The van der Waals surface area contributed by atoms with Crippen molar-refractivity contribution in [2.45, 2.75) is 69.3 Å². The van der Waals surface area contributed by atoms with Crippen molar-refractivity contribution < 1.29 is 27.4 Å². The molecule has 1 atom stereocenters. The van der Waals surface area contributed by atoms with E-state index in [1.165, 1.54) is 37.8 Å². The zero-order valence-corrected chi connectivity index (χ0v) is 28.8. The lowest BCUT2D eigenvalue weighted by Gasteiger charge is -2.46. The number of hydrogen-bond donors (Lipinski definition) is 1. The molecule has 1 unspecified atom stereocenters. The van der Waals surface area contributed by atoms with Gasteiger partial charge in [-0.3, -0.25) is 0 Å². The molecule has 10 heteroatoms. The molecule has 4 aromatic carbocycles. The summed E-state index contributed by atoms with van der Waals surface area (Å²) in [4.78, 5) is 19.1. The highest BCUT2D eigenvalue weighted by Crippen LogP contribution is 2.62. The van der Waals surface area contributed by atoms with Crippen molar-refractivity contribution >= 4 is 28.0 Å². The van der Waals surface area contributed by atoms with Gasteiger partial charge in [0.05, 0.1) is 5.56 Å². The fourth-order valence-electron chi connectivity index (χ4n) is 9.03. The minimum absolute atomic E-state index is 0.212. The molecule has 9 rings (SSSR count). The summed E-state index contributed by atoms with van der Waals surface area (Å²) in [5, 5.41) is 12.1. The Morgan fingerprint density at radius 1 is 0.654 bits per heavy atom. The Kier molecular flexibility index (Phi) is 7.99. The van der Waals surface area contributed by atoms with Crippen LogP contribution in [0.1, 0.15) is 85.4 Å². The molecular formula is C42H40F3N3O4. The molecule has 52 heavy (non-hydrogen) atoms. The Morgan fingerprint density at radius 3 is 1.79 bits per heavy atom. The van der Waals surface area contributed by atoms with E-state index in [1.54, 1.807) is 6.07 Å². The largest absolute Gasteiger partial charge is 0.456 e. The number of benzene rings is 4. The first-order valence-corrected chi connectivity index (χ1v) is 18.4. The van der Waals surface area contributed by atoms with Gasteiger partial charge in [0.25, 0.3) is 0 Å². The van der Waals surface area contributed by atoms with E-state index in [2.05, 4.69) is 46.2 Å². The number of halogens is 3. The molecule has 1 aromatic heterocycles. The smallest absolute Gasteiger partial charge is 0.417 e. The number of alkyl halides is 3. The maximum Gasteiger partial charge on any atom is 0.417 e. The van der Waals surface area contributed by atoms with Crippen molar-refractivity contribution in [3.8, 4) is 11.5 Å². The topological polar surface area (TPSA) is 69.4 Å². The molecule has 4 aliphatic rings. The van der Waals surface area contributed by atoms with Crippen LogP contribution in [0.25, 0.3) is 11.0 Å². The van der Waals surface area contributed by atoms with Gasteiger partial charge in [0.2, 0.25) is 0 Å². The minimum Gasteiger partial charge on any atom is -0.456 e. The van der Waals surface area contributed by atoms with Crippen LogP contribution < -0.4 is 25.1 Å². The highest BCUT2D eigenvalue weighted by Gasteiger charge is 2.57. The van der Waals surface area contributed by atoms with Crippen LogP contribution in [0.3, 0.4) is 0 Å². The maximum absolute atomic E-state index is 14.1. The molecule has 0 amide bonds. The van der Waals surface area contributed by atoms with Crippen LogP contribution in [-0.4, -0.2) is 31.3 Å². The number of ether oxygens (including phenoxy) is 1. The normalized spacial score (nSPS) is 19.8. The van der Waals surface area contributed by atoms with Crippen molar-refractivity contribution in [1.82, 2.24) is 0 Å². The molecule has 7 nitrogen and oxygen atoms in total. The number of fused-ring (bicyclic) bond motifs is 7.